The zero-order valence-corrected chi connectivity index (χ0v) is 11.7. The number of hydrogen-bond acceptors (Lipinski definition) is 4. The first kappa shape index (κ1) is 13.9. The van der Waals surface area contributed by atoms with Gasteiger partial charge in [0.2, 0.25) is 0 Å². The number of aldehydes is 1. The van der Waals surface area contributed by atoms with E-state index >= 15 is 0 Å². The molecule has 0 aliphatic rings. The second kappa shape index (κ2) is 6.61. The molecule has 19 heavy (non-hydrogen) atoms. The fourth-order valence-corrected chi connectivity index (χ4v) is 3.18. The van der Waals surface area contributed by atoms with Gasteiger partial charge in [-0.05, 0) is 29.5 Å². The first-order chi connectivity index (χ1) is 9.24. The first-order valence-corrected chi connectivity index (χ1v) is 7.13. The molecule has 0 saturated carbocycles. The molecule has 4 heteroatoms. The Bertz CT molecular complexity index is 524. The summed E-state index contributed by atoms with van der Waals surface area (Å²) in [6, 6.07) is 11.8. The third kappa shape index (κ3) is 3.29. The van der Waals surface area contributed by atoms with Crippen LogP contribution < -0.4 is 11.1 Å². The van der Waals surface area contributed by atoms with E-state index in [1.807, 2.05) is 30.3 Å². The predicted octanol–water partition coefficient (Wildman–Crippen LogP) is 2.59. The van der Waals surface area contributed by atoms with Gasteiger partial charge in [0.05, 0.1) is 18.6 Å². The minimum absolute atomic E-state index is 0.0346. The lowest BCUT2D eigenvalue weighted by molar-refractivity contribution is -0.107. The Morgan fingerprint density at radius 1 is 1.32 bits per heavy atom. The molecule has 3 nitrogen and oxygen atoms in total. The number of rotatable bonds is 6. The van der Waals surface area contributed by atoms with E-state index in [2.05, 4.69) is 23.7 Å². The van der Waals surface area contributed by atoms with Gasteiger partial charge in [-0.3, -0.25) is 0 Å². The van der Waals surface area contributed by atoms with Crippen molar-refractivity contribution >= 4 is 17.6 Å². The average Bonchev–Trinajstić information content (AvgIpc) is 2.86. The van der Waals surface area contributed by atoms with Gasteiger partial charge >= 0.3 is 0 Å². The summed E-state index contributed by atoms with van der Waals surface area (Å²) in [6.07, 6.45) is 0.869. The van der Waals surface area contributed by atoms with Gasteiger partial charge in [-0.25, -0.2) is 0 Å². The molecular weight excluding hydrogens is 256 g/mol. The molecule has 0 aliphatic carbocycles. The van der Waals surface area contributed by atoms with Crippen molar-refractivity contribution in [2.75, 3.05) is 6.54 Å². The Morgan fingerprint density at radius 2 is 2.05 bits per heavy atom. The van der Waals surface area contributed by atoms with E-state index in [0.29, 0.717) is 6.54 Å². The lowest BCUT2D eigenvalue weighted by Gasteiger charge is -2.24. The zero-order valence-electron chi connectivity index (χ0n) is 10.9. The van der Waals surface area contributed by atoms with Crippen molar-refractivity contribution in [3.05, 3.63) is 57.8 Å². The van der Waals surface area contributed by atoms with Crippen LogP contribution in [0.4, 0.5) is 0 Å². The molecular formula is C15H18N2OS. The highest BCUT2D eigenvalue weighted by Crippen LogP contribution is 2.32. The van der Waals surface area contributed by atoms with E-state index in [-0.39, 0.29) is 12.1 Å². The van der Waals surface area contributed by atoms with Gasteiger partial charge in [-0.1, -0.05) is 30.3 Å². The van der Waals surface area contributed by atoms with Gasteiger partial charge in [0.25, 0.3) is 0 Å². The predicted molar refractivity (Wildman–Crippen MR) is 79.2 cm³/mol. The summed E-state index contributed by atoms with van der Waals surface area (Å²) >= 11 is 1.67. The minimum Gasteiger partial charge on any atom is -0.322 e. The first-order valence-electron chi connectivity index (χ1n) is 6.25. The van der Waals surface area contributed by atoms with Crippen molar-refractivity contribution in [2.45, 2.75) is 19.0 Å². The summed E-state index contributed by atoms with van der Waals surface area (Å²) in [5, 5.41) is 5.28. The lowest BCUT2D eigenvalue weighted by Crippen LogP contribution is -2.32. The average molecular weight is 274 g/mol. The maximum absolute atomic E-state index is 10.6. The quantitative estimate of drug-likeness (QED) is 0.796. The smallest absolute Gasteiger partial charge is 0.133 e. The number of benzene rings is 1. The third-order valence-corrected chi connectivity index (χ3v) is 4.25. The highest BCUT2D eigenvalue weighted by molar-refractivity contribution is 7.10. The van der Waals surface area contributed by atoms with Crippen molar-refractivity contribution in [1.29, 1.82) is 0 Å². The molecule has 1 aromatic carbocycles. The normalized spacial score (nSPS) is 14.0. The van der Waals surface area contributed by atoms with E-state index in [4.69, 9.17) is 5.73 Å². The fraction of sp³-hybridized carbons (Fsp3) is 0.267. The molecule has 0 aliphatic heterocycles. The lowest BCUT2D eigenvalue weighted by atomic mass is 9.97. The molecule has 0 amide bonds. The number of aryl methyl sites for hydroxylation is 1. The molecule has 1 aromatic heterocycles. The number of nitrogens with one attached hydrogen (secondary N) is 1. The van der Waals surface area contributed by atoms with Crippen LogP contribution >= 0.6 is 11.3 Å². The Morgan fingerprint density at radius 3 is 2.63 bits per heavy atom. The van der Waals surface area contributed by atoms with Crippen LogP contribution in [0.15, 0.2) is 41.8 Å². The molecule has 2 rings (SSSR count). The van der Waals surface area contributed by atoms with Crippen molar-refractivity contribution in [2.24, 2.45) is 5.73 Å². The van der Waals surface area contributed by atoms with Gasteiger partial charge in [-0.2, -0.15) is 0 Å². The van der Waals surface area contributed by atoms with Crippen molar-refractivity contribution < 1.29 is 4.79 Å². The molecule has 2 unspecified atom stereocenters. The standard InChI is InChI=1S/C15H18N2OS/c1-11-7-10-19-15(11)14(17-8-9-18)13(16)12-5-3-2-4-6-12/h2-7,9-10,13-14,17H,8,16H2,1H3. The van der Waals surface area contributed by atoms with Crippen molar-refractivity contribution in [3.8, 4) is 0 Å². The largest absolute Gasteiger partial charge is 0.322 e. The van der Waals surface area contributed by atoms with Gasteiger partial charge in [0.15, 0.2) is 0 Å². The van der Waals surface area contributed by atoms with Crippen LogP contribution in [-0.2, 0) is 4.79 Å². The number of carbonyl (C=O) groups excluding carboxylic acids is 1. The maximum atomic E-state index is 10.6. The third-order valence-electron chi connectivity index (χ3n) is 3.15. The van der Waals surface area contributed by atoms with Crippen molar-refractivity contribution in [3.63, 3.8) is 0 Å². The summed E-state index contributed by atoms with van der Waals surface area (Å²) in [4.78, 5) is 11.8. The van der Waals surface area contributed by atoms with E-state index < -0.39 is 0 Å². The highest BCUT2D eigenvalue weighted by Gasteiger charge is 2.23. The maximum Gasteiger partial charge on any atom is 0.133 e. The SMILES string of the molecule is Cc1ccsc1C(NCC=O)C(N)c1ccccc1. The van der Waals surface area contributed by atoms with E-state index in [0.717, 1.165) is 11.8 Å². The Balaban J connectivity index is 2.27. The summed E-state index contributed by atoms with van der Waals surface area (Å²) in [5.41, 5.74) is 8.64. The van der Waals surface area contributed by atoms with Gasteiger partial charge < -0.3 is 15.8 Å². The van der Waals surface area contributed by atoms with E-state index in [9.17, 15) is 4.79 Å². The number of thiophene rings is 1. The summed E-state index contributed by atoms with van der Waals surface area (Å²) in [5.74, 6) is 0. The van der Waals surface area contributed by atoms with Crippen LogP contribution in [0.3, 0.4) is 0 Å². The molecule has 0 radical (unpaired) electrons. The minimum atomic E-state index is -0.168. The number of carbonyl (C=O) groups is 1. The van der Waals surface area contributed by atoms with Crippen LogP contribution in [0.1, 0.15) is 28.1 Å². The van der Waals surface area contributed by atoms with Crippen LogP contribution in [0, 0.1) is 6.92 Å². The Kier molecular flexibility index (Phi) is 4.85. The van der Waals surface area contributed by atoms with E-state index in [1.165, 1.54) is 10.4 Å². The van der Waals surface area contributed by atoms with E-state index in [1.54, 1.807) is 11.3 Å². The van der Waals surface area contributed by atoms with Gasteiger partial charge in [-0.15, -0.1) is 11.3 Å². The Hall–Kier alpha value is -1.49. The van der Waals surface area contributed by atoms with Crippen LogP contribution in [0.5, 0.6) is 0 Å². The Labute approximate surface area is 117 Å². The zero-order chi connectivity index (χ0) is 13.7. The summed E-state index contributed by atoms with van der Waals surface area (Å²) in [7, 11) is 0. The molecule has 100 valence electrons. The summed E-state index contributed by atoms with van der Waals surface area (Å²) < 4.78 is 0. The van der Waals surface area contributed by atoms with Crippen LogP contribution in [0.25, 0.3) is 0 Å². The monoisotopic (exact) mass is 274 g/mol. The highest BCUT2D eigenvalue weighted by atomic mass is 32.1. The molecule has 0 bridgehead atoms. The summed E-state index contributed by atoms with van der Waals surface area (Å²) in [6.45, 7) is 2.38. The van der Waals surface area contributed by atoms with Gasteiger partial charge in [0, 0.05) is 4.88 Å². The topological polar surface area (TPSA) is 55.1 Å². The van der Waals surface area contributed by atoms with Crippen LogP contribution in [0.2, 0.25) is 0 Å². The number of hydrogen-bond donors (Lipinski definition) is 2. The molecule has 0 fully saturated rings. The molecule has 0 saturated heterocycles. The van der Waals surface area contributed by atoms with Crippen LogP contribution in [-0.4, -0.2) is 12.8 Å². The molecule has 0 spiro atoms. The second-order valence-electron chi connectivity index (χ2n) is 4.46. The molecule has 2 atom stereocenters. The molecule has 3 N–H and O–H groups in total. The second-order valence-corrected chi connectivity index (χ2v) is 5.40. The van der Waals surface area contributed by atoms with Crippen molar-refractivity contribution in [1.82, 2.24) is 5.32 Å². The molecule has 2 aromatic rings. The molecule has 1 heterocycles. The van der Waals surface area contributed by atoms with Gasteiger partial charge in [0.1, 0.15) is 6.29 Å². The number of nitrogens with two attached hydrogens (primary N) is 1. The fourth-order valence-electron chi connectivity index (χ4n) is 2.13.